The average molecular weight is 386 g/mol. The van der Waals surface area contributed by atoms with E-state index in [0.717, 1.165) is 30.4 Å². The third-order valence-electron chi connectivity index (χ3n) is 5.32. The fourth-order valence-electron chi connectivity index (χ4n) is 3.35. The van der Waals surface area contributed by atoms with Crippen LogP contribution in [0, 0.1) is 13.8 Å². The van der Waals surface area contributed by atoms with Gasteiger partial charge in [0.15, 0.2) is 5.96 Å². The topological polar surface area (TPSA) is 63.5 Å². The summed E-state index contributed by atoms with van der Waals surface area (Å²) in [6.45, 7) is 11.6. The molecule has 0 spiro atoms. The fourth-order valence-corrected chi connectivity index (χ4v) is 3.35. The predicted octanol–water partition coefficient (Wildman–Crippen LogP) is 3.12. The molecular formula is C22H35N5O. The highest BCUT2D eigenvalue weighted by Gasteiger charge is 2.22. The van der Waals surface area contributed by atoms with E-state index in [1.54, 1.807) is 14.2 Å². The first-order valence-electron chi connectivity index (χ1n) is 9.78. The molecule has 1 atom stereocenters. The van der Waals surface area contributed by atoms with E-state index in [1.807, 2.05) is 23.9 Å². The van der Waals surface area contributed by atoms with Crippen molar-refractivity contribution in [3.05, 3.63) is 46.8 Å². The van der Waals surface area contributed by atoms with Gasteiger partial charge in [-0.2, -0.15) is 5.10 Å². The number of hydrogen-bond donors (Lipinski definition) is 2. The van der Waals surface area contributed by atoms with Crippen molar-refractivity contribution in [1.82, 2.24) is 20.4 Å². The number of aryl methyl sites for hydroxylation is 2. The minimum Gasteiger partial charge on any atom is -0.497 e. The van der Waals surface area contributed by atoms with Gasteiger partial charge in [0, 0.05) is 37.8 Å². The summed E-state index contributed by atoms with van der Waals surface area (Å²) in [5.41, 5.74) is 4.77. The van der Waals surface area contributed by atoms with Crippen LogP contribution < -0.4 is 15.4 Å². The van der Waals surface area contributed by atoms with E-state index in [9.17, 15) is 0 Å². The zero-order valence-electron chi connectivity index (χ0n) is 18.6. The Morgan fingerprint density at radius 2 is 2.04 bits per heavy atom. The molecule has 0 aliphatic heterocycles. The van der Waals surface area contributed by atoms with Crippen LogP contribution >= 0.6 is 0 Å². The number of ether oxygens (including phenoxy) is 1. The molecule has 0 aliphatic carbocycles. The van der Waals surface area contributed by atoms with Crippen LogP contribution in [-0.2, 0) is 18.9 Å². The van der Waals surface area contributed by atoms with E-state index in [1.165, 1.54) is 16.8 Å². The van der Waals surface area contributed by atoms with Crippen molar-refractivity contribution in [2.75, 3.05) is 20.7 Å². The average Bonchev–Trinajstić information content (AvgIpc) is 2.91. The molecule has 1 unspecified atom stereocenters. The molecule has 2 aromatic rings. The highest BCUT2D eigenvalue weighted by Crippen LogP contribution is 2.25. The van der Waals surface area contributed by atoms with Gasteiger partial charge in [0.25, 0.3) is 0 Å². The Balaban J connectivity index is 1.98. The first-order valence-corrected chi connectivity index (χ1v) is 9.78. The minimum absolute atomic E-state index is 0.0636. The lowest BCUT2D eigenvalue weighted by Gasteiger charge is -2.28. The first kappa shape index (κ1) is 21.8. The molecule has 0 amide bonds. The highest BCUT2D eigenvalue weighted by atomic mass is 16.5. The number of guanidine groups is 1. The van der Waals surface area contributed by atoms with Gasteiger partial charge in [0.05, 0.1) is 12.8 Å². The number of benzene rings is 1. The van der Waals surface area contributed by atoms with Crippen molar-refractivity contribution in [2.45, 2.75) is 52.5 Å². The van der Waals surface area contributed by atoms with Gasteiger partial charge in [0.1, 0.15) is 5.75 Å². The second kappa shape index (κ2) is 9.13. The summed E-state index contributed by atoms with van der Waals surface area (Å²) in [4.78, 5) is 4.40. The van der Waals surface area contributed by atoms with Gasteiger partial charge in [-0.25, -0.2) is 0 Å². The smallest absolute Gasteiger partial charge is 0.191 e. The summed E-state index contributed by atoms with van der Waals surface area (Å²) >= 11 is 0. The number of aliphatic imine (C=N–C) groups is 1. The molecule has 6 heteroatoms. The largest absolute Gasteiger partial charge is 0.497 e. The first-order chi connectivity index (χ1) is 13.2. The Bertz CT molecular complexity index is 822. The van der Waals surface area contributed by atoms with E-state index < -0.39 is 0 Å². The summed E-state index contributed by atoms with van der Waals surface area (Å²) in [6.07, 6.45) is 0.908. The standard InChI is InChI=1S/C22H35N5O/c1-15(12-20-16(2)26-27(7)17(20)3)25-21(23-6)24-14-22(4,5)18-10-9-11-19(13-18)28-8/h9-11,13,15H,12,14H2,1-8H3,(H2,23,24,25). The van der Waals surface area contributed by atoms with Crippen molar-refractivity contribution in [3.63, 3.8) is 0 Å². The van der Waals surface area contributed by atoms with E-state index in [4.69, 9.17) is 4.74 Å². The lowest BCUT2D eigenvalue weighted by Crippen LogP contribution is -2.47. The summed E-state index contributed by atoms with van der Waals surface area (Å²) in [5.74, 6) is 1.69. The van der Waals surface area contributed by atoms with E-state index in [2.05, 4.69) is 67.5 Å². The summed E-state index contributed by atoms with van der Waals surface area (Å²) in [6, 6.07) is 8.47. The number of nitrogens with zero attached hydrogens (tertiary/aromatic N) is 3. The monoisotopic (exact) mass is 385 g/mol. The van der Waals surface area contributed by atoms with E-state index in [0.29, 0.717) is 0 Å². The second-order valence-electron chi connectivity index (χ2n) is 8.06. The van der Waals surface area contributed by atoms with E-state index >= 15 is 0 Å². The van der Waals surface area contributed by atoms with Crippen molar-refractivity contribution >= 4 is 5.96 Å². The van der Waals surface area contributed by atoms with Crippen LogP contribution in [-0.4, -0.2) is 42.5 Å². The predicted molar refractivity (Wildman–Crippen MR) is 116 cm³/mol. The maximum Gasteiger partial charge on any atom is 0.191 e. The quantitative estimate of drug-likeness (QED) is 0.568. The van der Waals surface area contributed by atoms with E-state index in [-0.39, 0.29) is 11.5 Å². The molecule has 0 saturated heterocycles. The minimum atomic E-state index is -0.0636. The summed E-state index contributed by atoms with van der Waals surface area (Å²) in [7, 11) is 5.50. The SMILES string of the molecule is CN=C(NCC(C)(C)c1cccc(OC)c1)NC(C)Cc1c(C)nn(C)c1C. The molecule has 2 N–H and O–H groups in total. The Morgan fingerprint density at radius 3 is 2.61 bits per heavy atom. The van der Waals surface area contributed by atoms with Crippen molar-refractivity contribution in [2.24, 2.45) is 12.0 Å². The van der Waals surface area contributed by atoms with Crippen LogP contribution in [0.25, 0.3) is 0 Å². The van der Waals surface area contributed by atoms with Crippen LogP contribution in [0.4, 0.5) is 0 Å². The van der Waals surface area contributed by atoms with Gasteiger partial charge in [-0.05, 0) is 50.5 Å². The molecule has 28 heavy (non-hydrogen) atoms. The van der Waals surface area contributed by atoms with Gasteiger partial charge < -0.3 is 15.4 Å². The van der Waals surface area contributed by atoms with Crippen molar-refractivity contribution in [3.8, 4) is 5.75 Å². The van der Waals surface area contributed by atoms with Crippen LogP contribution in [0.2, 0.25) is 0 Å². The normalized spacial score (nSPS) is 13.4. The molecule has 0 saturated carbocycles. The third-order valence-corrected chi connectivity index (χ3v) is 5.32. The molecule has 0 radical (unpaired) electrons. The van der Waals surface area contributed by atoms with Crippen LogP contribution in [0.3, 0.4) is 0 Å². The summed E-state index contributed by atoms with van der Waals surface area (Å²) in [5, 5.41) is 11.5. The molecule has 0 bridgehead atoms. The molecule has 1 aromatic heterocycles. The van der Waals surface area contributed by atoms with Gasteiger partial charge in [-0.15, -0.1) is 0 Å². The Morgan fingerprint density at radius 1 is 1.32 bits per heavy atom. The van der Waals surface area contributed by atoms with Gasteiger partial charge in [-0.3, -0.25) is 9.67 Å². The van der Waals surface area contributed by atoms with Crippen LogP contribution in [0.15, 0.2) is 29.3 Å². The molecule has 154 valence electrons. The number of nitrogens with one attached hydrogen (secondary N) is 2. The maximum atomic E-state index is 5.36. The molecule has 0 fully saturated rings. The molecular weight excluding hydrogens is 350 g/mol. The fraction of sp³-hybridized carbons (Fsp3) is 0.545. The second-order valence-corrected chi connectivity index (χ2v) is 8.06. The zero-order valence-corrected chi connectivity index (χ0v) is 18.6. The van der Waals surface area contributed by atoms with Gasteiger partial charge in [0.2, 0.25) is 0 Å². The van der Waals surface area contributed by atoms with Crippen molar-refractivity contribution < 1.29 is 4.74 Å². The molecule has 1 aromatic carbocycles. The molecule has 6 nitrogen and oxygen atoms in total. The number of methoxy groups -OCH3 is 1. The lowest BCUT2D eigenvalue weighted by molar-refractivity contribution is 0.411. The number of aromatic nitrogens is 2. The van der Waals surface area contributed by atoms with Gasteiger partial charge >= 0.3 is 0 Å². The maximum absolute atomic E-state index is 5.36. The molecule has 2 rings (SSSR count). The lowest BCUT2D eigenvalue weighted by atomic mass is 9.84. The van der Waals surface area contributed by atoms with Gasteiger partial charge in [-0.1, -0.05) is 26.0 Å². The van der Waals surface area contributed by atoms with Crippen LogP contribution in [0.5, 0.6) is 5.75 Å². The Labute approximate surface area is 169 Å². The van der Waals surface area contributed by atoms with Crippen LogP contribution in [0.1, 0.15) is 43.3 Å². The number of rotatable bonds is 7. The Kier molecular flexibility index (Phi) is 7.11. The zero-order chi connectivity index (χ0) is 20.9. The number of hydrogen-bond acceptors (Lipinski definition) is 3. The third kappa shape index (κ3) is 5.27. The highest BCUT2D eigenvalue weighted by molar-refractivity contribution is 5.80. The molecule has 0 aliphatic rings. The molecule has 1 heterocycles. The Hall–Kier alpha value is -2.50. The summed E-state index contributed by atoms with van der Waals surface area (Å²) < 4.78 is 7.31. The van der Waals surface area contributed by atoms with Crippen molar-refractivity contribution in [1.29, 1.82) is 0 Å².